The molecule has 3 rings (SSSR count). The van der Waals surface area contributed by atoms with Gasteiger partial charge in [0.15, 0.2) is 11.5 Å². The Kier molecular flexibility index (Phi) is 5.52. The van der Waals surface area contributed by atoms with E-state index in [1.165, 1.54) is 5.56 Å². The number of ether oxygens (including phenoxy) is 2. The lowest BCUT2D eigenvalue weighted by Gasteiger charge is -2.29. The minimum atomic E-state index is 0. The summed E-state index contributed by atoms with van der Waals surface area (Å²) in [5.41, 5.74) is 7.81. The Morgan fingerprint density at radius 3 is 2.68 bits per heavy atom. The average molecular weight is 321 g/mol. The van der Waals surface area contributed by atoms with Crippen molar-refractivity contribution in [2.45, 2.75) is 12.6 Å². The van der Waals surface area contributed by atoms with Gasteiger partial charge >= 0.3 is 0 Å². The molecule has 4 nitrogen and oxygen atoms in total. The summed E-state index contributed by atoms with van der Waals surface area (Å²) in [7, 11) is 2.08. The number of nitrogens with zero attached hydrogens (tertiary/aromatic N) is 1. The topological polar surface area (TPSA) is 47.7 Å². The largest absolute Gasteiger partial charge is 0.486 e. The molecule has 0 saturated heterocycles. The summed E-state index contributed by atoms with van der Waals surface area (Å²) in [5.74, 6) is 1.65. The highest BCUT2D eigenvalue weighted by molar-refractivity contribution is 5.85. The number of rotatable bonds is 4. The summed E-state index contributed by atoms with van der Waals surface area (Å²) >= 11 is 0. The SMILES string of the molecule is CN(Cc1cccc(N)c1)CC1COc2ccccc2O1.Cl. The van der Waals surface area contributed by atoms with Crippen molar-refractivity contribution in [2.75, 3.05) is 25.9 Å². The van der Waals surface area contributed by atoms with E-state index in [-0.39, 0.29) is 18.5 Å². The summed E-state index contributed by atoms with van der Waals surface area (Å²) in [4.78, 5) is 2.22. The number of hydrogen-bond acceptors (Lipinski definition) is 4. The molecule has 0 bridgehead atoms. The van der Waals surface area contributed by atoms with Gasteiger partial charge in [-0.2, -0.15) is 0 Å². The number of likely N-dealkylation sites (N-methyl/N-ethyl adjacent to an activating group) is 1. The molecule has 0 amide bonds. The number of fused-ring (bicyclic) bond motifs is 1. The highest BCUT2D eigenvalue weighted by Crippen LogP contribution is 2.31. The van der Waals surface area contributed by atoms with Gasteiger partial charge in [-0.3, -0.25) is 4.90 Å². The van der Waals surface area contributed by atoms with Crippen molar-refractivity contribution in [3.63, 3.8) is 0 Å². The van der Waals surface area contributed by atoms with Crippen LogP contribution >= 0.6 is 12.4 Å². The lowest BCUT2D eigenvalue weighted by Crippen LogP contribution is -2.39. The predicted octanol–water partition coefficient (Wildman–Crippen LogP) is 2.96. The van der Waals surface area contributed by atoms with Crippen molar-refractivity contribution in [3.05, 3.63) is 54.1 Å². The van der Waals surface area contributed by atoms with Crippen LogP contribution < -0.4 is 15.2 Å². The number of benzene rings is 2. The summed E-state index contributed by atoms with van der Waals surface area (Å²) in [5, 5.41) is 0. The number of para-hydroxylation sites is 2. The molecule has 1 atom stereocenters. The summed E-state index contributed by atoms with van der Waals surface area (Å²) in [6.45, 7) is 2.23. The third-order valence-electron chi connectivity index (χ3n) is 3.49. The van der Waals surface area contributed by atoms with Crippen molar-refractivity contribution in [3.8, 4) is 11.5 Å². The monoisotopic (exact) mass is 320 g/mol. The van der Waals surface area contributed by atoms with Gasteiger partial charge in [0.25, 0.3) is 0 Å². The van der Waals surface area contributed by atoms with E-state index in [0.29, 0.717) is 6.61 Å². The molecular weight excluding hydrogens is 300 g/mol. The molecule has 1 aliphatic heterocycles. The molecule has 1 unspecified atom stereocenters. The van der Waals surface area contributed by atoms with E-state index >= 15 is 0 Å². The maximum atomic E-state index is 5.97. The summed E-state index contributed by atoms with van der Waals surface area (Å²) in [6, 6.07) is 15.8. The Hall–Kier alpha value is -1.91. The van der Waals surface area contributed by atoms with Crippen LogP contribution in [0.5, 0.6) is 11.5 Å². The maximum Gasteiger partial charge on any atom is 0.161 e. The van der Waals surface area contributed by atoms with Crippen LogP contribution in [-0.4, -0.2) is 31.2 Å². The Labute approximate surface area is 137 Å². The first-order valence-corrected chi connectivity index (χ1v) is 7.12. The van der Waals surface area contributed by atoms with E-state index in [4.69, 9.17) is 15.2 Å². The first kappa shape index (κ1) is 16.5. The van der Waals surface area contributed by atoms with Crippen molar-refractivity contribution >= 4 is 18.1 Å². The van der Waals surface area contributed by atoms with Crippen LogP contribution in [-0.2, 0) is 6.54 Å². The maximum absolute atomic E-state index is 5.97. The number of anilines is 1. The Bertz CT molecular complexity index is 621. The molecule has 1 aliphatic rings. The van der Waals surface area contributed by atoms with Crippen LogP contribution in [0.25, 0.3) is 0 Å². The van der Waals surface area contributed by atoms with E-state index in [9.17, 15) is 0 Å². The zero-order valence-electron chi connectivity index (χ0n) is 12.6. The van der Waals surface area contributed by atoms with E-state index in [0.717, 1.165) is 30.3 Å². The van der Waals surface area contributed by atoms with E-state index in [2.05, 4.69) is 18.0 Å². The Morgan fingerprint density at radius 2 is 1.91 bits per heavy atom. The highest BCUT2D eigenvalue weighted by atomic mass is 35.5. The Morgan fingerprint density at radius 1 is 1.14 bits per heavy atom. The van der Waals surface area contributed by atoms with Gasteiger partial charge in [-0.05, 0) is 36.9 Å². The molecule has 0 aliphatic carbocycles. The molecule has 0 aromatic heterocycles. The van der Waals surface area contributed by atoms with Crippen molar-refractivity contribution in [1.29, 1.82) is 0 Å². The molecule has 0 spiro atoms. The van der Waals surface area contributed by atoms with Gasteiger partial charge in [0.2, 0.25) is 0 Å². The molecule has 0 fully saturated rings. The van der Waals surface area contributed by atoms with Crippen LogP contribution in [0.1, 0.15) is 5.56 Å². The zero-order valence-corrected chi connectivity index (χ0v) is 13.4. The standard InChI is InChI=1S/C17H20N2O2.ClH/c1-19(10-13-5-4-6-14(18)9-13)11-15-12-20-16-7-2-3-8-17(16)21-15;/h2-9,15H,10-12,18H2,1H3;1H. The third-order valence-corrected chi connectivity index (χ3v) is 3.49. The van der Waals surface area contributed by atoms with Crippen LogP contribution in [0.3, 0.4) is 0 Å². The minimum Gasteiger partial charge on any atom is -0.486 e. The lowest BCUT2D eigenvalue weighted by atomic mass is 10.2. The molecule has 2 aromatic rings. The fourth-order valence-electron chi connectivity index (χ4n) is 2.57. The lowest BCUT2D eigenvalue weighted by molar-refractivity contribution is 0.0638. The number of nitrogen functional groups attached to an aromatic ring is 1. The van der Waals surface area contributed by atoms with Gasteiger partial charge in [-0.1, -0.05) is 24.3 Å². The molecule has 0 saturated carbocycles. The molecule has 0 radical (unpaired) electrons. The van der Waals surface area contributed by atoms with Crippen LogP contribution in [0.2, 0.25) is 0 Å². The van der Waals surface area contributed by atoms with Gasteiger partial charge in [0.1, 0.15) is 12.7 Å². The van der Waals surface area contributed by atoms with Crippen molar-refractivity contribution in [1.82, 2.24) is 4.90 Å². The average Bonchev–Trinajstić information content (AvgIpc) is 2.47. The van der Waals surface area contributed by atoms with Crippen LogP contribution in [0.4, 0.5) is 5.69 Å². The first-order chi connectivity index (χ1) is 10.2. The fourth-order valence-corrected chi connectivity index (χ4v) is 2.57. The Balaban J connectivity index is 0.00000176. The van der Waals surface area contributed by atoms with Gasteiger partial charge in [-0.15, -0.1) is 12.4 Å². The second-order valence-electron chi connectivity index (χ2n) is 5.44. The first-order valence-electron chi connectivity index (χ1n) is 7.12. The molecule has 118 valence electrons. The number of hydrogen-bond donors (Lipinski definition) is 1. The third kappa shape index (κ3) is 4.06. The van der Waals surface area contributed by atoms with Gasteiger partial charge in [0.05, 0.1) is 0 Å². The molecular formula is C17H21ClN2O2. The summed E-state index contributed by atoms with van der Waals surface area (Å²) < 4.78 is 11.7. The second-order valence-corrected chi connectivity index (χ2v) is 5.44. The normalized spacial score (nSPS) is 16.2. The molecule has 2 aromatic carbocycles. The molecule has 2 N–H and O–H groups in total. The van der Waals surface area contributed by atoms with Gasteiger partial charge in [0, 0.05) is 18.8 Å². The second kappa shape index (κ2) is 7.38. The van der Waals surface area contributed by atoms with Crippen LogP contribution in [0.15, 0.2) is 48.5 Å². The molecule has 5 heteroatoms. The summed E-state index contributed by atoms with van der Waals surface area (Å²) in [6.07, 6.45) is 0.0472. The quantitative estimate of drug-likeness (QED) is 0.880. The van der Waals surface area contributed by atoms with Crippen LogP contribution in [0, 0.1) is 0 Å². The number of nitrogens with two attached hydrogens (primary N) is 1. The van der Waals surface area contributed by atoms with E-state index < -0.39 is 0 Å². The zero-order chi connectivity index (χ0) is 14.7. The van der Waals surface area contributed by atoms with Crippen molar-refractivity contribution in [2.24, 2.45) is 0 Å². The predicted molar refractivity (Wildman–Crippen MR) is 90.8 cm³/mol. The molecule has 1 heterocycles. The van der Waals surface area contributed by atoms with E-state index in [1.807, 2.05) is 42.5 Å². The van der Waals surface area contributed by atoms with E-state index in [1.54, 1.807) is 0 Å². The molecule has 22 heavy (non-hydrogen) atoms. The fraction of sp³-hybridized carbons (Fsp3) is 0.294. The smallest absolute Gasteiger partial charge is 0.161 e. The highest BCUT2D eigenvalue weighted by Gasteiger charge is 2.21. The van der Waals surface area contributed by atoms with Gasteiger partial charge < -0.3 is 15.2 Å². The van der Waals surface area contributed by atoms with Crippen molar-refractivity contribution < 1.29 is 9.47 Å². The minimum absolute atomic E-state index is 0. The van der Waals surface area contributed by atoms with Gasteiger partial charge in [-0.25, -0.2) is 0 Å². The number of halogens is 1.